The van der Waals surface area contributed by atoms with Crippen LogP contribution < -0.4 is 5.32 Å². The number of aliphatic hydroxyl groups excluding tert-OH is 1. The average molecular weight is 482 g/mol. The second-order valence-corrected chi connectivity index (χ2v) is 13.3. The Kier molecular flexibility index (Phi) is 5.33. The van der Waals surface area contributed by atoms with Crippen LogP contribution in [0, 0.1) is 39.9 Å². The van der Waals surface area contributed by atoms with Crippen LogP contribution in [0.1, 0.15) is 71.3 Å². The summed E-state index contributed by atoms with van der Waals surface area (Å²) in [5.41, 5.74) is 1.31. The van der Waals surface area contributed by atoms with Gasteiger partial charge >= 0.3 is 0 Å². The summed E-state index contributed by atoms with van der Waals surface area (Å²) in [7, 11) is 1.67. The second kappa shape index (κ2) is 7.79. The molecule has 5 nitrogen and oxygen atoms in total. The predicted molar refractivity (Wildman–Crippen MR) is 136 cm³/mol. The number of methoxy groups -OCH3 is 1. The molecule has 5 aliphatic rings. The van der Waals surface area contributed by atoms with Crippen molar-refractivity contribution in [3.8, 4) is 0 Å². The maximum Gasteiger partial charge on any atom is 0.141 e. The van der Waals surface area contributed by atoms with Crippen molar-refractivity contribution < 1.29 is 19.7 Å². The quantitative estimate of drug-likeness (QED) is 0.554. The molecule has 5 saturated carbocycles. The van der Waals surface area contributed by atoms with Gasteiger partial charge in [0.15, 0.2) is 0 Å². The number of Topliss-reactive ketones (excluding diaryl/α,β-unsaturated/α-hetero) is 1. The zero-order valence-electron chi connectivity index (χ0n) is 21.8. The topological polar surface area (TPSA) is 78.8 Å². The summed E-state index contributed by atoms with van der Waals surface area (Å²) in [5.74, 6) is 1.50. The third-order valence-corrected chi connectivity index (χ3v) is 12.1. The van der Waals surface area contributed by atoms with E-state index in [9.17, 15) is 15.0 Å². The van der Waals surface area contributed by atoms with Gasteiger partial charge in [0.05, 0.1) is 18.1 Å². The summed E-state index contributed by atoms with van der Waals surface area (Å²) in [6.07, 6.45) is 7.83. The molecule has 0 aliphatic heterocycles. The van der Waals surface area contributed by atoms with Gasteiger partial charge in [0.25, 0.3) is 0 Å². The van der Waals surface area contributed by atoms with Gasteiger partial charge in [-0.25, -0.2) is 0 Å². The van der Waals surface area contributed by atoms with E-state index >= 15 is 0 Å². The van der Waals surface area contributed by atoms with E-state index in [4.69, 9.17) is 4.74 Å². The van der Waals surface area contributed by atoms with Crippen LogP contribution in [-0.2, 0) is 16.0 Å². The van der Waals surface area contributed by atoms with Crippen LogP contribution in [0.15, 0.2) is 24.3 Å². The molecule has 4 bridgehead atoms. The number of fused-ring (bicyclic) bond motifs is 2. The van der Waals surface area contributed by atoms with Gasteiger partial charge in [0.1, 0.15) is 11.4 Å². The van der Waals surface area contributed by atoms with Gasteiger partial charge in [-0.15, -0.1) is 0 Å². The van der Waals surface area contributed by atoms with E-state index in [0.717, 1.165) is 18.5 Å². The van der Waals surface area contributed by atoms with Crippen LogP contribution >= 0.6 is 0 Å². The Morgan fingerprint density at radius 3 is 2.71 bits per heavy atom. The molecular weight excluding hydrogens is 438 g/mol. The molecule has 0 radical (unpaired) electrons. The number of ether oxygens (including phenoxy) is 1. The zero-order chi connectivity index (χ0) is 24.8. The van der Waals surface area contributed by atoms with Crippen molar-refractivity contribution >= 4 is 11.5 Å². The molecule has 35 heavy (non-hydrogen) atoms. The first-order valence-electron chi connectivity index (χ1n) is 13.9. The Hall–Kier alpha value is -1.43. The fourth-order valence-corrected chi connectivity index (χ4v) is 10.7. The van der Waals surface area contributed by atoms with E-state index in [1.165, 1.54) is 37.7 Å². The minimum absolute atomic E-state index is 0.0232. The van der Waals surface area contributed by atoms with Gasteiger partial charge in [-0.05, 0) is 98.1 Å². The first-order valence-corrected chi connectivity index (χ1v) is 13.9. The summed E-state index contributed by atoms with van der Waals surface area (Å²) < 4.78 is 5.81. The number of aliphatic hydroxyl groups is 2. The van der Waals surface area contributed by atoms with Crippen molar-refractivity contribution in [2.75, 3.05) is 19.0 Å². The smallest absolute Gasteiger partial charge is 0.141 e. The zero-order valence-corrected chi connectivity index (χ0v) is 21.8. The number of hydrogen-bond acceptors (Lipinski definition) is 5. The molecule has 0 saturated heterocycles. The first-order chi connectivity index (χ1) is 16.6. The number of hydrogen-bond donors (Lipinski definition) is 3. The highest BCUT2D eigenvalue weighted by molar-refractivity contribution is 5.88. The number of carbonyl (C=O) groups is 1. The van der Waals surface area contributed by atoms with E-state index in [-0.39, 0.29) is 40.2 Å². The molecule has 192 valence electrons. The van der Waals surface area contributed by atoms with Gasteiger partial charge in [-0.2, -0.15) is 0 Å². The standard InChI is InChI=1S/C30H43NO4/c1-18(32)17-31-22-7-5-6-19(13-22)12-20-8-10-29(15-20)11-9-21-16-27(2)28(29,3)25(21)26-23(33)14-24(35-4)30(26,27)34/h5-7,13,18,20-21,24-26,31-32,34H,8-12,14-17H2,1-4H3. The summed E-state index contributed by atoms with van der Waals surface area (Å²) in [6.45, 7) is 7.15. The maximum absolute atomic E-state index is 13.3. The highest BCUT2D eigenvalue weighted by Crippen LogP contribution is 2.85. The maximum atomic E-state index is 13.3. The SMILES string of the molecule is COC1CC(=O)C2C3C4CCC5(CCC(Cc6cccc(NCC(C)O)c6)C5)C3(C)C(C)(C4)C12O. The van der Waals surface area contributed by atoms with Crippen molar-refractivity contribution in [3.05, 3.63) is 29.8 Å². The molecule has 0 amide bonds. The first kappa shape index (κ1) is 23.9. The fourth-order valence-electron chi connectivity index (χ4n) is 10.7. The minimum Gasteiger partial charge on any atom is -0.392 e. The number of ketones is 1. The third kappa shape index (κ3) is 2.89. The summed E-state index contributed by atoms with van der Waals surface area (Å²) >= 11 is 0. The van der Waals surface area contributed by atoms with Gasteiger partial charge < -0.3 is 20.3 Å². The molecule has 5 aliphatic carbocycles. The molecule has 1 aromatic carbocycles. The predicted octanol–water partition coefficient (Wildman–Crippen LogP) is 4.60. The van der Waals surface area contributed by atoms with Crippen molar-refractivity contribution in [1.82, 2.24) is 0 Å². The molecule has 1 spiro atoms. The number of rotatable bonds is 6. The molecule has 5 heteroatoms. The van der Waals surface area contributed by atoms with E-state index in [1.807, 2.05) is 0 Å². The molecule has 0 heterocycles. The van der Waals surface area contributed by atoms with Crippen LogP contribution in [0.3, 0.4) is 0 Å². The molecule has 0 aromatic heterocycles. The van der Waals surface area contributed by atoms with Gasteiger partial charge in [-0.1, -0.05) is 26.0 Å². The Morgan fingerprint density at radius 2 is 1.97 bits per heavy atom. The van der Waals surface area contributed by atoms with Gasteiger partial charge in [-0.3, -0.25) is 4.79 Å². The highest BCUT2D eigenvalue weighted by Gasteiger charge is 2.87. The molecule has 10 atom stereocenters. The molecular formula is C30H43NO4. The average Bonchev–Trinajstić information content (AvgIpc) is 3.44. The largest absolute Gasteiger partial charge is 0.392 e. The number of nitrogens with one attached hydrogen (secondary N) is 1. The van der Waals surface area contributed by atoms with Crippen LogP contribution in [0.2, 0.25) is 0 Å². The number of benzene rings is 1. The normalized spacial score (nSPS) is 48.5. The lowest BCUT2D eigenvalue weighted by Gasteiger charge is -2.57. The number of anilines is 1. The molecule has 1 aromatic rings. The Balaban J connectivity index is 1.28. The van der Waals surface area contributed by atoms with Crippen LogP contribution in [0.25, 0.3) is 0 Å². The summed E-state index contributed by atoms with van der Waals surface area (Å²) in [4.78, 5) is 13.3. The monoisotopic (exact) mass is 481 g/mol. The lowest BCUT2D eigenvalue weighted by molar-refractivity contribution is -0.186. The van der Waals surface area contributed by atoms with Crippen molar-refractivity contribution in [2.24, 2.45) is 39.9 Å². The molecule has 6 rings (SSSR count). The molecule has 10 unspecified atom stereocenters. The summed E-state index contributed by atoms with van der Waals surface area (Å²) in [5, 5.41) is 25.3. The second-order valence-electron chi connectivity index (χ2n) is 13.3. The van der Waals surface area contributed by atoms with E-state index in [1.54, 1.807) is 14.0 Å². The van der Waals surface area contributed by atoms with Crippen LogP contribution in [0.4, 0.5) is 5.69 Å². The van der Waals surface area contributed by atoms with Crippen molar-refractivity contribution in [1.29, 1.82) is 0 Å². The molecule has 5 fully saturated rings. The van der Waals surface area contributed by atoms with E-state index in [2.05, 4.69) is 43.4 Å². The fraction of sp³-hybridized carbons (Fsp3) is 0.767. The third-order valence-electron chi connectivity index (χ3n) is 12.1. The summed E-state index contributed by atoms with van der Waals surface area (Å²) in [6, 6.07) is 8.65. The van der Waals surface area contributed by atoms with Crippen molar-refractivity contribution in [2.45, 2.75) is 89.9 Å². The van der Waals surface area contributed by atoms with E-state index < -0.39 is 5.60 Å². The Bertz CT molecular complexity index is 1030. The molecule has 3 N–H and O–H groups in total. The van der Waals surface area contributed by atoms with Gasteiger partial charge in [0.2, 0.25) is 0 Å². The Morgan fingerprint density at radius 1 is 1.20 bits per heavy atom. The lowest BCUT2D eigenvalue weighted by atomic mass is 9.48. The van der Waals surface area contributed by atoms with Crippen LogP contribution in [-0.4, -0.2) is 47.5 Å². The van der Waals surface area contributed by atoms with Crippen LogP contribution in [0.5, 0.6) is 0 Å². The minimum atomic E-state index is -1.02. The Labute approximate surface area is 210 Å². The highest BCUT2D eigenvalue weighted by atomic mass is 16.5. The van der Waals surface area contributed by atoms with Gasteiger partial charge in [0, 0.05) is 31.2 Å². The lowest BCUT2D eigenvalue weighted by Crippen LogP contribution is -2.58. The van der Waals surface area contributed by atoms with E-state index in [0.29, 0.717) is 30.7 Å². The number of carbonyl (C=O) groups excluding carboxylic acids is 1. The van der Waals surface area contributed by atoms with Crippen molar-refractivity contribution in [3.63, 3.8) is 0 Å².